The van der Waals surface area contributed by atoms with Gasteiger partial charge in [-0.05, 0) is 73.5 Å². The summed E-state index contributed by atoms with van der Waals surface area (Å²) in [5, 5.41) is 8.89. The van der Waals surface area contributed by atoms with Crippen LogP contribution in [0.15, 0.2) is 18.2 Å². The van der Waals surface area contributed by atoms with Gasteiger partial charge < -0.3 is 0 Å². The summed E-state index contributed by atoms with van der Waals surface area (Å²) in [5.74, 6) is 2.85. The smallest absolute Gasteiger partial charge is 0.141 e. The number of hydrogen-bond donors (Lipinski definition) is 0. The monoisotopic (exact) mass is 327 g/mol. The fraction of sp³-hybridized carbons (Fsp3) is 0.682. The zero-order chi connectivity index (χ0) is 16.9. The number of nitrogens with zero attached hydrogens (tertiary/aromatic N) is 1. The molecule has 1 aromatic carbocycles. The Morgan fingerprint density at radius 3 is 2.62 bits per heavy atom. The van der Waals surface area contributed by atoms with Gasteiger partial charge in [-0.25, -0.2) is 4.39 Å². The molecule has 130 valence electrons. The van der Waals surface area contributed by atoms with E-state index in [0.717, 1.165) is 23.3 Å². The van der Waals surface area contributed by atoms with Crippen LogP contribution in [0.5, 0.6) is 0 Å². The Morgan fingerprint density at radius 1 is 1.08 bits per heavy atom. The molecular weight excluding hydrogens is 297 g/mol. The minimum Gasteiger partial charge on any atom is -0.206 e. The first-order valence-electron chi connectivity index (χ1n) is 9.90. The zero-order valence-corrected chi connectivity index (χ0v) is 14.9. The van der Waals surface area contributed by atoms with E-state index in [2.05, 4.69) is 6.92 Å². The molecule has 1 nitrogen and oxygen atoms in total. The molecule has 0 radical (unpaired) electrons. The van der Waals surface area contributed by atoms with E-state index in [9.17, 15) is 4.39 Å². The maximum absolute atomic E-state index is 13.9. The maximum Gasteiger partial charge on any atom is 0.141 e. The predicted molar refractivity (Wildman–Crippen MR) is 96.2 cm³/mol. The van der Waals surface area contributed by atoms with Crippen molar-refractivity contribution in [3.63, 3.8) is 0 Å². The molecule has 0 aliphatic heterocycles. The van der Waals surface area contributed by atoms with Gasteiger partial charge in [0.2, 0.25) is 0 Å². The first kappa shape index (κ1) is 17.5. The highest BCUT2D eigenvalue weighted by atomic mass is 19.1. The second-order valence-electron chi connectivity index (χ2n) is 8.06. The molecule has 4 atom stereocenters. The molecule has 2 aliphatic rings. The SMILES string of the molecule is CCCCC[C@@H]1CC[C@@H]2C[C@H](c3ccc(C#N)c(F)c3)CC[C@@H]2C1. The third kappa shape index (κ3) is 4.00. The molecule has 0 spiro atoms. The molecule has 0 unspecified atom stereocenters. The Bertz CT molecular complexity index is 588. The highest BCUT2D eigenvalue weighted by Gasteiger charge is 2.35. The highest BCUT2D eigenvalue weighted by molar-refractivity contribution is 5.35. The normalized spacial score (nSPS) is 29.7. The molecule has 2 fully saturated rings. The van der Waals surface area contributed by atoms with Crippen LogP contribution in [0, 0.1) is 34.9 Å². The number of benzene rings is 1. The van der Waals surface area contributed by atoms with Gasteiger partial charge in [-0.1, -0.05) is 45.1 Å². The second kappa shape index (κ2) is 8.15. The van der Waals surface area contributed by atoms with E-state index < -0.39 is 0 Å². The standard InChI is InChI=1S/C22H30FN/c1-2-3-4-5-16-6-7-18-13-19(9-8-17(18)12-16)20-10-11-21(15-24)22(23)14-20/h10-11,14,16-19H,2-9,12-13H2,1H3/t16-,17-,18-,19-/m1/s1. The van der Waals surface area contributed by atoms with Crippen molar-refractivity contribution in [2.24, 2.45) is 17.8 Å². The molecule has 0 aromatic heterocycles. The molecule has 3 rings (SSSR count). The minimum atomic E-state index is -0.350. The van der Waals surface area contributed by atoms with E-state index >= 15 is 0 Å². The van der Waals surface area contributed by atoms with E-state index in [1.54, 1.807) is 12.1 Å². The third-order valence-electron chi connectivity index (χ3n) is 6.52. The summed E-state index contributed by atoms with van der Waals surface area (Å²) in [4.78, 5) is 0. The lowest BCUT2D eigenvalue weighted by atomic mass is 9.63. The lowest BCUT2D eigenvalue weighted by molar-refractivity contribution is 0.113. The third-order valence-corrected chi connectivity index (χ3v) is 6.52. The Hall–Kier alpha value is -1.36. The van der Waals surface area contributed by atoms with Crippen molar-refractivity contribution in [1.29, 1.82) is 5.26 Å². The molecule has 0 bridgehead atoms. The van der Waals surface area contributed by atoms with Gasteiger partial charge in [-0.15, -0.1) is 0 Å². The van der Waals surface area contributed by atoms with Crippen LogP contribution in [0.1, 0.15) is 88.2 Å². The number of fused-ring (bicyclic) bond motifs is 1. The van der Waals surface area contributed by atoms with Crippen LogP contribution in [0.25, 0.3) is 0 Å². The predicted octanol–water partition coefficient (Wildman–Crippen LogP) is 6.58. The van der Waals surface area contributed by atoms with Crippen molar-refractivity contribution in [3.8, 4) is 6.07 Å². The largest absolute Gasteiger partial charge is 0.206 e. The van der Waals surface area contributed by atoms with Gasteiger partial charge in [0, 0.05) is 0 Å². The van der Waals surface area contributed by atoms with Crippen LogP contribution >= 0.6 is 0 Å². The molecule has 24 heavy (non-hydrogen) atoms. The number of nitriles is 1. The summed E-state index contributed by atoms with van der Waals surface area (Å²) in [7, 11) is 0. The summed E-state index contributed by atoms with van der Waals surface area (Å²) in [6.07, 6.45) is 13.5. The van der Waals surface area contributed by atoms with Gasteiger partial charge in [-0.3, -0.25) is 0 Å². The summed E-state index contributed by atoms with van der Waals surface area (Å²) >= 11 is 0. The molecule has 2 aliphatic carbocycles. The van der Waals surface area contributed by atoms with E-state index in [1.165, 1.54) is 64.2 Å². The van der Waals surface area contributed by atoms with Crippen LogP contribution in [-0.2, 0) is 0 Å². The Morgan fingerprint density at radius 2 is 1.88 bits per heavy atom. The summed E-state index contributed by atoms with van der Waals surface area (Å²) < 4.78 is 13.9. The highest BCUT2D eigenvalue weighted by Crippen LogP contribution is 2.48. The zero-order valence-electron chi connectivity index (χ0n) is 14.9. The molecule has 0 N–H and O–H groups in total. The van der Waals surface area contributed by atoms with E-state index in [1.807, 2.05) is 12.1 Å². The van der Waals surface area contributed by atoms with Gasteiger partial charge in [0.1, 0.15) is 11.9 Å². The second-order valence-corrected chi connectivity index (χ2v) is 8.06. The average molecular weight is 327 g/mol. The van der Waals surface area contributed by atoms with Crippen molar-refractivity contribution in [3.05, 3.63) is 35.1 Å². The topological polar surface area (TPSA) is 23.8 Å². The first-order valence-corrected chi connectivity index (χ1v) is 9.90. The molecule has 2 saturated carbocycles. The summed E-state index contributed by atoms with van der Waals surface area (Å²) in [6, 6.07) is 7.16. The lowest BCUT2D eigenvalue weighted by Gasteiger charge is -2.42. The summed E-state index contributed by atoms with van der Waals surface area (Å²) in [6.45, 7) is 2.28. The molecule has 1 aromatic rings. The van der Waals surface area contributed by atoms with Crippen LogP contribution in [-0.4, -0.2) is 0 Å². The fourth-order valence-electron chi connectivity index (χ4n) is 5.11. The maximum atomic E-state index is 13.9. The van der Waals surface area contributed by atoms with Gasteiger partial charge in [-0.2, -0.15) is 5.26 Å². The number of unbranched alkanes of at least 4 members (excludes halogenated alkanes) is 2. The first-order chi connectivity index (χ1) is 11.7. The van der Waals surface area contributed by atoms with Crippen molar-refractivity contribution < 1.29 is 4.39 Å². The number of hydrogen-bond acceptors (Lipinski definition) is 1. The van der Waals surface area contributed by atoms with Crippen molar-refractivity contribution in [1.82, 2.24) is 0 Å². The van der Waals surface area contributed by atoms with Gasteiger partial charge in [0.25, 0.3) is 0 Å². The molecule has 0 saturated heterocycles. The number of halogens is 1. The van der Waals surface area contributed by atoms with E-state index in [-0.39, 0.29) is 11.4 Å². The van der Waals surface area contributed by atoms with Crippen LogP contribution in [0.3, 0.4) is 0 Å². The minimum absolute atomic E-state index is 0.167. The lowest BCUT2D eigenvalue weighted by Crippen LogP contribution is -2.30. The van der Waals surface area contributed by atoms with E-state index in [0.29, 0.717) is 5.92 Å². The number of rotatable bonds is 5. The molecule has 2 heteroatoms. The van der Waals surface area contributed by atoms with Gasteiger partial charge in [0.05, 0.1) is 5.56 Å². The van der Waals surface area contributed by atoms with Crippen molar-refractivity contribution in [2.45, 2.75) is 77.0 Å². The van der Waals surface area contributed by atoms with Crippen LogP contribution in [0.2, 0.25) is 0 Å². The van der Waals surface area contributed by atoms with Crippen molar-refractivity contribution in [2.75, 3.05) is 0 Å². The van der Waals surface area contributed by atoms with Crippen LogP contribution < -0.4 is 0 Å². The molecule has 0 heterocycles. The average Bonchev–Trinajstić information content (AvgIpc) is 2.61. The Balaban J connectivity index is 1.56. The van der Waals surface area contributed by atoms with Crippen molar-refractivity contribution >= 4 is 0 Å². The quantitative estimate of drug-likeness (QED) is 0.560. The van der Waals surface area contributed by atoms with Crippen LogP contribution in [0.4, 0.5) is 4.39 Å². The van der Waals surface area contributed by atoms with Gasteiger partial charge >= 0.3 is 0 Å². The molecular formula is C22H30FN. The summed E-state index contributed by atoms with van der Waals surface area (Å²) in [5.41, 5.74) is 1.27. The molecule has 0 amide bonds. The van der Waals surface area contributed by atoms with Gasteiger partial charge in [0.15, 0.2) is 0 Å². The Labute approximate surface area is 146 Å². The van der Waals surface area contributed by atoms with E-state index in [4.69, 9.17) is 5.26 Å². The Kier molecular flexibility index (Phi) is 5.93. The fourth-order valence-corrected chi connectivity index (χ4v) is 5.11.